The van der Waals surface area contributed by atoms with Crippen LogP contribution < -0.4 is 4.74 Å². The summed E-state index contributed by atoms with van der Waals surface area (Å²) in [6.45, 7) is 6.36. The van der Waals surface area contributed by atoms with Gasteiger partial charge in [0.25, 0.3) is 0 Å². The Morgan fingerprint density at radius 3 is 2.50 bits per heavy atom. The lowest BCUT2D eigenvalue weighted by atomic mass is 10.2. The molecule has 3 aromatic heterocycles. The fourth-order valence-corrected chi connectivity index (χ4v) is 5.78. The number of hydrogen-bond acceptors (Lipinski definition) is 6. The summed E-state index contributed by atoms with van der Waals surface area (Å²) >= 11 is 0. The van der Waals surface area contributed by atoms with Crippen LogP contribution in [0.25, 0.3) is 16.9 Å². The van der Waals surface area contributed by atoms with E-state index in [-0.39, 0.29) is 12.2 Å². The Kier molecular flexibility index (Phi) is 6.73. The lowest BCUT2D eigenvalue weighted by Gasteiger charge is -2.40. The molecule has 0 saturated carbocycles. The van der Waals surface area contributed by atoms with Crippen LogP contribution in [0.15, 0.2) is 42.9 Å². The van der Waals surface area contributed by atoms with Crippen LogP contribution in [0.5, 0.6) is 5.75 Å². The van der Waals surface area contributed by atoms with E-state index in [4.69, 9.17) is 9.72 Å². The average molecular weight is 518 g/mol. The second-order valence-electron chi connectivity index (χ2n) is 9.15. The summed E-state index contributed by atoms with van der Waals surface area (Å²) in [5.41, 5.74) is 3.89. The predicted molar refractivity (Wildman–Crippen MR) is 136 cm³/mol. The number of benzene rings is 1. The quantitative estimate of drug-likeness (QED) is 0.368. The van der Waals surface area contributed by atoms with Crippen molar-refractivity contribution >= 4 is 16.2 Å². The number of rotatable bonds is 7. The van der Waals surface area contributed by atoms with Crippen molar-refractivity contribution in [2.24, 2.45) is 0 Å². The molecule has 0 aliphatic carbocycles. The van der Waals surface area contributed by atoms with Crippen molar-refractivity contribution < 1.29 is 22.6 Å². The first-order chi connectivity index (χ1) is 17.2. The fraction of sp³-hybridized carbons (Fsp3) is 0.360. The smallest absolute Gasteiger partial charge is 0.180 e. The van der Waals surface area contributed by atoms with Crippen LogP contribution in [0.1, 0.15) is 16.8 Å². The van der Waals surface area contributed by atoms with Crippen LogP contribution in [-0.2, 0) is 13.2 Å². The zero-order valence-corrected chi connectivity index (χ0v) is 21.0. The molecule has 5 rings (SSSR count). The molecule has 1 saturated heterocycles. The summed E-state index contributed by atoms with van der Waals surface area (Å²) in [6.07, 6.45) is 5.71. The summed E-state index contributed by atoms with van der Waals surface area (Å²) in [5.74, 6) is -0.0130. The lowest BCUT2D eigenvalue weighted by molar-refractivity contribution is 0.270. The molecule has 2 N–H and O–H groups in total. The average Bonchev–Trinajstić information content (AvgIpc) is 3.41. The molecule has 0 spiro atoms. The summed E-state index contributed by atoms with van der Waals surface area (Å²) in [7, 11) is -2.40. The Morgan fingerprint density at radius 1 is 1.06 bits per heavy atom. The molecule has 192 valence electrons. The second-order valence-corrected chi connectivity index (χ2v) is 11.6. The van der Waals surface area contributed by atoms with Gasteiger partial charge in [0.2, 0.25) is 0 Å². The molecule has 0 unspecified atom stereocenters. The largest absolute Gasteiger partial charge is 0.485 e. The van der Waals surface area contributed by atoms with Gasteiger partial charge in [-0.05, 0) is 37.6 Å². The number of fused-ring (bicyclic) bond motifs is 1. The minimum atomic E-state index is -2.40. The van der Waals surface area contributed by atoms with Gasteiger partial charge in [-0.1, -0.05) is 6.07 Å². The second kappa shape index (κ2) is 9.81. The van der Waals surface area contributed by atoms with Crippen molar-refractivity contribution in [2.75, 3.05) is 31.1 Å². The predicted octanol–water partition coefficient (Wildman–Crippen LogP) is 4.74. The van der Waals surface area contributed by atoms with Gasteiger partial charge in [-0.25, -0.2) is 13.8 Å². The van der Waals surface area contributed by atoms with Gasteiger partial charge in [0.1, 0.15) is 18.2 Å². The minimum absolute atomic E-state index is 0.124. The van der Waals surface area contributed by atoms with Gasteiger partial charge < -0.3 is 4.74 Å². The maximum Gasteiger partial charge on any atom is 0.180 e. The van der Waals surface area contributed by atoms with Crippen molar-refractivity contribution in [3.63, 3.8) is 0 Å². The Hall–Kier alpha value is -2.99. The molecule has 0 amide bonds. The van der Waals surface area contributed by atoms with Crippen LogP contribution in [0.3, 0.4) is 0 Å². The molecule has 4 heterocycles. The molecule has 11 heteroatoms. The van der Waals surface area contributed by atoms with Crippen molar-refractivity contribution in [2.45, 2.75) is 27.0 Å². The van der Waals surface area contributed by atoms with Crippen LogP contribution in [0, 0.1) is 25.5 Å². The number of hydrogen-bond donors (Lipinski definition) is 2. The van der Waals surface area contributed by atoms with E-state index in [1.807, 2.05) is 41.4 Å². The standard InChI is InChI=1S/C25H29F2N5O3S/c1-17-12-23(35-16-20-21(26)4-3-5-22(20)27)25-29-18(2)24(32(25)14-17)19-13-28-31(15-19)7-6-30-8-10-36(33,34)11-9-30/h3-5,12-15,33-34H,6-11,16H2,1-2H3. The van der Waals surface area contributed by atoms with E-state index in [1.165, 1.54) is 18.2 Å². The summed E-state index contributed by atoms with van der Waals surface area (Å²) in [4.78, 5) is 6.90. The molecule has 4 aromatic rings. The summed E-state index contributed by atoms with van der Waals surface area (Å²) in [5, 5.41) is 4.51. The van der Waals surface area contributed by atoms with Crippen LogP contribution in [0.2, 0.25) is 0 Å². The first kappa shape index (κ1) is 24.7. The van der Waals surface area contributed by atoms with Gasteiger partial charge in [0.05, 0.1) is 41.2 Å². The third-order valence-electron chi connectivity index (χ3n) is 6.45. The normalized spacial score (nSPS) is 16.9. The number of nitrogens with zero attached hydrogens (tertiary/aromatic N) is 5. The first-order valence-corrected chi connectivity index (χ1v) is 13.6. The van der Waals surface area contributed by atoms with Crippen molar-refractivity contribution in [3.8, 4) is 17.0 Å². The Morgan fingerprint density at radius 2 is 1.78 bits per heavy atom. The molecule has 0 atom stereocenters. The van der Waals surface area contributed by atoms with E-state index in [0.29, 0.717) is 42.5 Å². The number of aryl methyl sites for hydroxylation is 2. The van der Waals surface area contributed by atoms with Crippen molar-refractivity contribution in [3.05, 3.63) is 71.3 Å². The van der Waals surface area contributed by atoms with Crippen LogP contribution in [0.4, 0.5) is 8.78 Å². The van der Waals surface area contributed by atoms with E-state index in [2.05, 4.69) is 10.00 Å². The van der Waals surface area contributed by atoms with Crippen molar-refractivity contribution in [1.29, 1.82) is 0 Å². The van der Waals surface area contributed by atoms with E-state index < -0.39 is 22.2 Å². The SMILES string of the molecule is Cc1cc(OCc2c(F)cccc2F)c2nc(C)c(-c3cnn(CCN4CCS(O)(O)CC4)c3)n2c1. The topological polar surface area (TPSA) is 88.1 Å². The highest BCUT2D eigenvalue weighted by Crippen LogP contribution is 2.40. The highest BCUT2D eigenvalue weighted by atomic mass is 32.3. The van der Waals surface area contributed by atoms with Crippen LogP contribution in [-0.4, -0.2) is 64.3 Å². The number of ether oxygens (including phenoxy) is 1. The van der Waals surface area contributed by atoms with Gasteiger partial charge in [-0.15, -0.1) is 0 Å². The maximum atomic E-state index is 14.1. The van der Waals surface area contributed by atoms with Gasteiger partial charge >= 0.3 is 0 Å². The van der Waals surface area contributed by atoms with E-state index in [9.17, 15) is 17.9 Å². The molecule has 8 nitrogen and oxygen atoms in total. The minimum Gasteiger partial charge on any atom is -0.485 e. The van der Waals surface area contributed by atoms with Gasteiger partial charge in [-0.2, -0.15) is 15.7 Å². The molecule has 1 aliphatic rings. The number of pyridine rings is 1. The number of halogens is 2. The highest BCUT2D eigenvalue weighted by molar-refractivity contribution is 8.24. The molecular formula is C25H29F2N5O3S. The van der Waals surface area contributed by atoms with Gasteiger partial charge in [0, 0.05) is 37.6 Å². The monoisotopic (exact) mass is 517 g/mol. The summed E-state index contributed by atoms with van der Waals surface area (Å²) in [6, 6.07) is 5.55. The highest BCUT2D eigenvalue weighted by Gasteiger charge is 2.22. The first-order valence-electron chi connectivity index (χ1n) is 11.7. The fourth-order valence-electron chi connectivity index (χ4n) is 4.47. The van der Waals surface area contributed by atoms with Gasteiger partial charge in [-0.3, -0.25) is 23.1 Å². The lowest BCUT2D eigenvalue weighted by Crippen LogP contribution is -2.39. The molecule has 0 bridgehead atoms. The van der Waals surface area contributed by atoms with E-state index in [1.54, 1.807) is 6.20 Å². The molecule has 36 heavy (non-hydrogen) atoms. The number of imidazole rings is 1. The third-order valence-corrected chi connectivity index (χ3v) is 8.12. The van der Waals surface area contributed by atoms with Gasteiger partial charge in [0.15, 0.2) is 11.4 Å². The molecule has 1 aromatic carbocycles. The maximum absolute atomic E-state index is 14.1. The van der Waals surface area contributed by atoms with Crippen molar-refractivity contribution in [1.82, 2.24) is 24.1 Å². The molecular weight excluding hydrogens is 488 g/mol. The third kappa shape index (κ3) is 5.10. The Bertz CT molecular complexity index is 1370. The van der Waals surface area contributed by atoms with E-state index >= 15 is 0 Å². The molecule has 1 fully saturated rings. The van der Waals surface area contributed by atoms with Crippen LogP contribution >= 0.6 is 10.6 Å². The molecule has 0 radical (unpaired) electrons. The zero-order chi connectivity index (χ0) is 25.4. The zero-order valence-electron chi connectivity index (χ0n) is 20.2. The summed E-state index contributed by atoms with van der Waals surface area (Å²) < 4.78 is 57.4. The van der Waals surface area contributed by atoms with E-state index in [0.717, 1.165) is 29.1 Å². The Labute approximate surface area is 209 Å². The molecule has 1 aliphatic heterocycles. The number of aromatic nitrogens is 4. The Balaban J connectivity index is 1.36.